The summed E-state index contributed by atoms with van der Waals surface area (Å²) in [5.74, 6) is 3.47. The fourth-order valence-electron chi connectivity index (χ4n) is 6.22. The van der Waals surface area contributed by atoms with Crippen LogP contribution in [0.1, 0.15) is 103 Å². The molecule has 6 heteroatoms. The summed E-state index contributed by atoms with van der Waals surface area (Å²) in [5.41, 5.74) is 10.1. The normalized spacial score (nSPS) is 12.5. The number of halogens is 1. The van der Waals surface area contributed by atoms with Crippen LogP contribution in [0.2, 0.25) is 0 Å². The Morgan fingerprint density at radius 2 is 0.766 bits per heavy atom. The van der Waals surface area contributed by atoms with E-state index < -0.39 is 0 Å². The maximum Gasteiger partial charge on any atom is 0.119 e. The minimum absolute atomic E-state index is 0.0471. The Hall–Kier alpha value is -3.48. The van der Waals surface area contributed by atoms with Crippen molar-refractivity contribution in [3.63, 3.8) is 0 Å². The van der Waals surface area contributed by atoms with Gasteiger partial charge in [-0.2, -0.15) is 0 Å². The molecule has 0 saturated carbocycles. The van der Waals surface area contributed by atoms with E-state index in [-0.39, 0.29) is 6.61 Å². The number of fused-ring (bicyclic) bond motifs is 8. The molecular formula is C41H49BrO5. The number of ether oxygens (including phenoxy) is 4. The van der Waals surface area contributed by atoms with Crippen LogP contribution in [0.15, 0.2) is 65.1 Å². The molecule has 1 N–H and O–H groups in total. The van der Waals surface area contributed by atoms with E-state index in [9.17, 15) is 5.11 Å². The first-order chi connectivity index (χ1) is 22.9. The van der Waals surface area contributed by atoms with Gasteiger partial charge in [-0.15, -0.1) is 0 Å². The molecule has 0 aliphatic heterocycles. The number of rotatable bonds is 13. The predicted molar refractivity (Wildman–Crippen MR) is 194 cm³/mol. The summed E-state index contributed by atoms with van der Waals surface area (Å²) in [4.78, 5) is 0. The van der Waals surface area contributed by atoms with Crippen LogP contribution in [0.4, 0.5) is 0 Å². The summed E-state index contributed by atoms with van der Waals surface area (Å²) in [5, 5.41) is 10.8. The second-order valence-corrected chi connectivity index (χ2v) is 13.3. The molecule has 0 fully saturated rings. The summed E-state index contributed by atoms with van der Waals surface area (Å²) in [6.07, 6.45) is 6.48. The average Bonchev–Trinajstić information content (AvgIpc) is 3.06. The highest BCUT2D eigenvalue weighted by atomic mass is 79.9. The highest BCUT2D eigenvalue weighted by molar-refractivity contribution is 9.10. The first kappa shape index (κ1) is 34.8. The lowest BCUT2D eigenvalue weighted by Gasteiger charge is -2.20. The third-order valence-electron chi connectivity index (χ3n) is 8.29. The molecule has 0 atom stereocenters. The van der Waals surface area contributed by atoms with Gasteiger partial charge in [0.15, 0.2) is 0 Å². The van der Waals surface area contributed by atoms with Crippen molar-refractivity contribution in [3.8, 4) is 23.0 Å². The number of hydrogen-bond donors (Lipinski definition) is 1. The number of aliphatic hydroxyl groups is 1. The number of hydrogen-bond acceptors (Lipinski definition) is 5. The molecule has 0 aromatic heterocycles. The molecule has 0 spiro atoms. The molecule has 1 aliphatic rings. The van der Waals surface area contributed by atoms with Gasteiger partial charge in [-0.05, 0) is 150 Å². The van der Waals surface area contributed by atoms with Crippen molar-refractivity contribution in [1.29, 1.82) is 0 Å². The van der Waals surface area contributed by atoms with Crippen LogP contribution in [0, 0.1) is 0 Å². The summed E-state index contributed by atoms with van der Waals surface area (Å²) in [7, 11) is 0. The fourth-order valence-corrected chi connectivity index (χ4v) is 6.73. The van der Waals surface area contributed by atoms with E-state index in [1.54, 1.807) is 0 Å². The SMILES string of the molecule is CCCOc1cc2cc(c1)Cc1cc(OCCC)cc(c1CO)Cc1cc(cc(OCCC)c1)Cc1cc(OCCC)cc(c1Br)C2. The Morgan fingerprint density at radius 1 is 0.468 bits per heavy atom. The quantitative estimate of drug-likeness (QED) is 0.133. The molecule has 1 aliphatic carbocycles. The van der Waals surface area contributed by atoms with Crippen molar-refractivity contribution in [2.24, 2.45) is 0 Å². The Bertz CT molecular complexity index is 1540. The molecule has 0 radical (unpaired) electrons. The van der Waals surface area contributed by atoms with Gasteiger partial charge >= 0.3 is 0 Å². The molecular weight excluding hydrogens is 652 g/mol. The largest absolute Gasteiger partial charge is 0.494 e. The molecule has 5 rings (SSSR count). The van der Waals surface area contributed by atoms with Crippen molar-refractivity contribution < 1.29 is 24.1 Å². The highest BCUT2D eigenvalue weighted by Gasteiger charge is 2.18. The summed E-state index contributed by atoms with van der Waals surface area (Å²) < 4.78 is 26.0. The summed E-state index contributed by atoms with van der Waals surface area (Å²) in [6.45, 7) is 11.1. The van der Waals surface area contributed by atoms with E-state index in [2.05, 4.69) is 104 Å². The second kappa shape index (κ2) is 17.1. The first-order valence-electron chi connectivity index (χ1n) is 17.3. The lowest BCUT2D eigenvalue weighted by molar-refractivity contribution is 0.278. The second-order valence-electron chi connectivity index (χ2n) is 12.5. The Morgan fingerprint density at radius 3 is 1.09 bits per heavy atom. The van der Waals surface area contributed by atoms with Gasteiger partial charge in [0.05, 0.1) is 33.0 Å². The Kier molecular flexibility index (Phi) is 12.7. The van der Waals surface area contributed by atoms with Gasteiger partial charge in [-0.25, -0.2) is 0 Å². The standard InChI is InChI=1S/C41H49BrO5/c1-5-9-44-36-19-28-13-30(21-36)17-34-25-39(47-12-8-4)26-35(41(34)42)18-31-14-29(20-37(22-31)45-10-6-2)16-33-24-38(46-11-7-3)23-32(15-28)40(33)27-43/h13-14,19-26,43H,5-12,15-18,27H2,1-4H3. The van der Waals surface area contributed by atoms with Crippen molar-refractivity contribution >= 4 is 15.9 Å². The van der Waals surface area contributed by atoms with Crippen LogP contribution >= 0.6 is 15.9 Å². The van der Waals surface area contributed by atoms with E-state index >= 15 is 0 Å². The van der Waals surface area contributed by atoms with Crippen molar-refractivity contribution in [2.45, 2.75) is 85.7 Å². The van der Waals surface area contributed by atoms with Crippen LogP contribution in [0.5, 0.6) is 23.0 Å². The van der Waals surface area contributed by atoms with Gasteiger partial charge in [0.25, 0.3) is 0 Å². The average molecular weight is 702 g/mol. The number of benzene rings is 4. The monoisotopic (exact) mass is 700 g/mol. The van der Waals surface area contributed by atoms with Crippen LogP contribution < -0.4 is 18.9 Å². The minimum atomic E-state index is -0.0471. The van der Waals surface area contributed by atoms with Gasteiger partial charge in [-0.3, -0.25) is 0 Å². The van der Waals surface area contributed by atoms with Gasteiger partial charge in [0.1, 0.15) is 23.0 Å². The zero-order valence-electron chi connectivity index (χ0n) is 28.4. The fraction of sp³-hybridized carbons (Fsp3) is 0.415. The van der Waals surface area contributed by atoms with Crippen molar-refractivity contribution in [3.05, 3.63) is 115 Å². The topological polar surface area (TPSA) is 57.2 Å². The van der Waals surface area contributed by atoms with Gasteiger partial charge in [0.2, 0.25) is 0 Å². The first-order valence-corrected chi connectivity index (χ1v) is 18.1. The molecule has 4 aromatic carbocycles. The van der Waals surface area contributed by atoms with Gasteiger partial charge in [-0.1, -0.05) is 55.8 Å². The summed E-state index contributed by atoms with van der Waals surface area (Å²) >= 11 is 4.02. The molecule has 47 heavy (non-hydrogen) atoms. The molecule has 5 nitrogen and oxygen atoms in total. The minimum Gasteiger partial charge on any atom is -0.494 e. The van der Waals surface area contributed by atoms with Crippen LogP contribution in [0.3, 0.4) is 0 Å². The molecule has 4 aromatic rings. The zero-order chi connectivity index (χ0) is 33.2. The highest BCUT2D eigenvalue weighted by Crippen LogP contribution is 2.35. The summed E-state index contributed by atoms with van der Waals surface area (Å²) in [6, 6.07) is 21.7. The van der Waals surface area contributed by atoms with Crippen molar-refractivity contribution in [1.82, 2.24) is 0 Å². The van der Waals surface area contributed by atoms with E-state index in [1.807, 2.05) is 0 Å². The molecule has 0 unspecified atom stereocenters. The van der Waals surface area contributed by atoms with Crippen LogP contribution in [-0.2, 0) is 32.3 Å². The molecule has 0 amide bonds. The van der Waals surface area contributed by atoms with Crippen molar-refractivity contribution in [2.75, 3.05) is 26.4 Å². The maximum absolute atomic E-state index is 10.8. The van der Waals surface area contributed by atoms with E-state index in [0.29, 0.717) is 39.3 Å². The number of aliphatic hydroxyl groups excluding tert-OH is 1. The Labute approximate surface area is 289 Å². The van der Waals surface area contributed by atoms with Crippen LogP contribution in [-0.4, -0.2) is 31.5 Å². The zero-order valence-corrected chi connectivity index (χ0v) is 30.0. The molecule has 0 heterocycles. The maximum atomic E-state index is 10.8. The van der Waals surface area contributed by atoms with E-state index in [0.717, 1.165) is 93.8 Å². The third-order valence-corrected chi connectivity index (χ3v) is 9.30. The van der Waals surface area contributed by atoms with E-state index in [1.165, 1.54) is 22.3 Å². The lowest BCUT2D eigenvalue weighted by atomic mass is 9.90. The van der Waals surface area contributed by atoms with Gasteiger partial charge in [0, 0.05) is 4.47 Å². The van der Waals surface area contributed by atoms with Crippen LogP contribution in [0.25, 0.3) is 0 Å². The predicted octanol–water partition coefficient (Wildman–Crippen LogP) is 9.77. The molecule has 250 valence electrons. The smallest absolute Gasteiger partial charge is 0.119 e. The molecule has 0 saturated heterocycles. The lowest BCUT2D eigenvalue weighted by Crippen LogP contribution is -2.07. The molecule has 8 bridgehead atoms. The Balaban J connectivity index is 1.72. The van der Waals surface area contributed by atoms with E-state index in [4.69, 9.17) is 18.9 Å². The van der Waals surface area contributed by atoms with Gasteiger partial charge < -0.3 is 24.1 Å². The third kappa shape index (κ3) is 9.33.